The van der Waals surface area contributed by atoms with Gasteiger partial charge in [0.25, 0.3) is 5.91 Å². The van der Waals surface area contributed by atoms with Gasteiger partial charge in [-0.1, -0.05) is 6.08 Å². The monoisotopic (exact) mass is 249 g/mol. The molecule has 1 rings (SSSR count). The maximum atomic E-state index is 12.3. The first-order chi connectivity index (χ1) is 8.65. The molecule has 1 aromatic carbocycles. The molecule has 0 unspecified atom stereocenters. The predicted octanol–water partition coefficient (Wildman–Crippen LogP) is 2.35. The topological polar surface area (TPSA) is 38.8 Å². The largest absolute Gasteiger partial charge is 0.497 e. The Labute approximate surface area is 108 Å². The lowest BCUT2D eigenvalue weighted by atomic mass is 10.1. The van der Waals surface area contributed by atoms with Crippen molar-refractivity contribution in [3.8, 4) is 11.5 Å². The van der Waals surface area contributed by atoms with Crippen molar-refractivity contribution in [1.29, 1.82) is 0 Å². The van der Waals surface area contributed by atoms with E-state index >= 15 is 0 Å². The van der Waals surface area contributed by atoms with Gasteiger partial charge in [0.15, 0.2) is 0 Å². The summed E-state index contributed by atoms with van der Waals surface area (Å²) < 4.78 is 10.3. The van der Waals surface area contributed by atoms with Crippen molar-refractivity contribution in [2.45, 2.75) is 6.92 Å². The van der Waals surface area contributed by atoms with E-state index in [1.165, 1.54) is 0 Å². The molecule has 18 heavy (non-hydrogen) atoms. The van der Waals surface area contributed by atoms with Crippen LogP contribution in [0.15, 0.2) is 30.9 Å². The second-order valence-electron chi connectivity index (χ2n) is 3.73. The zero-order valence-corrected chi connectivity index (χ0v) is 11.1. The van der Waals surface area contributed by atoms with E-state index in [0.717, 1.165) is 0 Å². The van der Waals surface area contributed by atoms with E-state index in [0.29, 0.717) is 30.2 Å². The minimum atomic E-state index is -0.0606. The molecule has 98 valence electrons. The van der Waals surface area contributed by atoms with Gasteiger partial charge in [0.05, 0.1) is 14.2 Å². The van der Waals surface area contributed by atoms with Gasteiger partial charge in [0.1, 0.15) is 11.5 Å². The molecule has 0 spiro atoms. The van der Waals surface area contributed by atoms with Gasteiger partial charge in [-0.05, 0) is 19.1 Å². The van der Waals surface area contributed by atoms with Crippen molar-refractivity contribution >= 4 is 5.91 Å². The van der Waals surface area contributed by atoms with Crippen molar-refractivity contribution in [3.63, 3.8) is 0 Å². The molecule has 0 fully saturated rings. The van der Waals surface area contributed by atoms with Crippen molar-refractivity contribution < 1.29 is 14.3 Å². The number of hydrogen-bond donors (Lipinski definition) is 0. The summed E-state index contributed by atoms with van der Waals surface area (Å²) in [4.78, 5) is 14.0. The fourth-order valence-electron chi connectivity index (χ4n) is 1.62. The lowest BCUT2D eigenvalue weighted by Crippen LogP contribution is -2.30. The number of rotatable bonds is 6. The summed E-state index contributed by atoms with van der Waals surface area (Å²) in [5.41, 5.74) is 0.551. The Balaban J connectivity index is 3.06. The molecule has 0 saturated carbocycles. The molecular weight excluding hydrogens is 230 g/mol. The average molecular weight is 249 g/mol. The molecule has 1 amide bonds. The summed E-state index contributed by atoms with van der Waals surface area (Å²) in [6.07, 6.45) is 1.71. The van der Waals surface area contributed by atoms with Crippen LogP contribution in [0.25, 0.3) is 0 Å². The van der Waals surface area contributed by atoms with Crippen LogP contribution in [0.1, 0.15) is 17.3 Å². The number of benzene rings is 1. The molecule has 0 heterocycles. The van der Waals surface area contributed by atoms with Crippen molar-refractivity contribution in [2.24, 2.45) is 0 Å². The molecule has 4 nitrogen and oxygen atoms in total. The fraction of sp³-hybridized carbons (Fsp3) is 0.357. The third-order valence-electron chi connectivity index (χ3n) is 2.62. The van der Waals surface area contributed by atoms with E-state index in [-0.39, 0.29) is 5.91 Å². The van der Waals surface area contributed by atoms with Gasteiger partial charge in [0, 0.05) is 24.7 Å². The highest BCUT2D eigenvalue weighted by Crippen LogP contribution is 2.23. The van der Waals surface area contributed by atoms with E-state index in [9.17, 15) is 4.79 Å². The third-order valence-corrected chi connectivity index (χ3v) is 2.62. The minimum absolute atomic E-state index is 0.0606. The summed E-state index contributed by atoms with van der Waals surface area (Å²) in [6.45, 7) is 6.73. The Morgan fingerprint density at radius 2 is 1.83 bits per heavy atom. The predicted molar refractivity (Wildman–Crippen MR) is 71.3 cm³/mol. The van der Waals surface area contributed by atoms with Crippen LogP contribution in [-0.2, 0) is 0 Å². The van der Waals surface area contributed by atoms with Gasteiger partial charge in [-0.2, -0.15) is 0 Å². The van der Waals surface area contributed by atoms with E-state index in [1.807, 2.05) is 6.92 Å². The molecule has 0 saturated heterocycles. The maximum Gasteiger partial charge on any atom is 0.254 e. The third kappa shape index (κ3) is 3.26. The van der Waals surface area contributed by atoms with Crippen LogP contribution >= 0.6 is 0 Å². The summed E-state index contributed by atoms with van der Waals surface area (Å²) >= 11 is 0. The first-order valence-electron chi connectivity index (χ1n) is 5.79. The molecule has 4 heteroatoms. The molecule has 0 aromatic heterocycles. The van der Waals surface area contributed by atoms with Crippen molar-refractivity contribution in [3.05, 3.63) is 36.4 Å². The number of hydrogen-bond acceptors (Lipinski definition) is 3. The second kappa shape index (κ2) is 6.69. The number of carbonyl (C=O) groups is 1. The van der Waals surface area contributed by atoms with Crippen LogP contribution in [-0.4, -0.2) is 38.1 Å². The summed E-state index contributed by atoms with van der Waals surface area (Å²) in [5, 5.41) is 0. The van der Waals surface area contributed by atoms with Gasteiger partial charge >= 0.3 is 0 Å². The maximum absolute atomic E-state index is 12.3. The first-order valence-corrected chi connectivity index (χ1v) is 5.79. The molecule has 1 aromatic rings. The summed E-state index contributed by atoms with van der Waals surface area (Å²) in [5.74, 6) is 1.15. The number of nitrogens with zero attached hydrogens (tertiary/aromatic N) is 1. The number of likely N-dealkylation sites (N-methyl/N-ethyl adjacent to an activating group) is 1. The zero-order valence-electron chi connectivity index (χ0n) is 11.1. The Hall–Kier alpha value is -1.97. The van der Waals surface area contributed by atoms with Gasteiger partial charge in [0.2, 0.25) is 0 Å². The van der Waals surface area contributed by atoms with Crippen LogP contribution in [0.5, 0.6) is 11.5 Å². The van der Waals surface area contributed by atoms with E-state index in [4.69, 9.17) is 9.47 Å². The normalized spacial score (nSPS) is 9.72. The standard InChI is InChI=1S/C14H19NO3/c1-5-7-15(6-2)14(16)11-8-12(17-3)10-13(9-11)18-4/h5,8-10H,1,6-7H2,2-4H3. The lowest BCUT2D eigenvalue weighted by molar-refractivity contribution is 0.0781. The second-order valence-corrected chi connectivity index (χ2v) is 3.73. The van der Waals surface area contributed by atoms with Crippen LogP contribution < -0.4 is 9.47 Å². The molecule has 0 radical (unpaired) electrons. The number of ether oxygens (including phenoxy) is 2. The number of carbonyl (C=O) groups excluding carboxylic acids is 1. The fourth-order valence-corrected chi connectivity index (χ4v) is 1.62. The molecule has 0 bridgehead atoms. The molecule has 0 aliphatic carbocycles. The molecule has 0 atom stereocenters. The van der Waals surface area contributed by atoms with Gasteiger partial charge in [-0.15, -0.1) is 6.58 Å². The van der Waals surface area contributed by atoms with Crippen LogP contribution in [0, 0.1) is 0 Å². The molecular formula is C14H19NO3. The van der Waals surface area contributed by atoms with E-state index in [1.54, 1.807) is 43.4 Å². The Kier molecular flexibility index (Phi) is 5.24. The Morgan fingerprint density at radius 1 is 1.28 bits per heavy atom. The SMILES string of the molecule is C=CCN(CC)C(=O)c1cc(OC)cc(OC)c1. The van der Waals surface area contributed by atoms with Crippen LogP contribution in [0.4, 0.5) is 0 Å². The van der Waals surface area contributed by atoms with Crippen molar-refractivity contribution in [1.82, 2.24) is 4.90 Å². The van der Waals surface area contributed by atoms with Gasteiger partial charge in [-0.25, -0.2) is 0 Å². The number of methoxy groups -OCH3 is 2. The van der Waals surface area contributed by atoms with Gasteiger partial charge < -0.3 is 14.4 Å². The van der Waals surface area contributed by atoms with E-state index < -0.39 is 0 Å². The highest BCUT2D eigenvalue weighted by atomic mass is 16.5. The lowest BCUT2D eigenvalue weighted by Gasteiger charge is -2.19. The average Bonchev–Trinajstić information content (AvgIpc) is 2.43. The zero-order chi connectivity index (χ0) is 13.5. The highest BCUT2D eigenvalue weighted by molar-refractivity contribution is 5.95. The van der Waals surface area contributed by atoms with E-state index in [2.05, 4.69) is 6.58 Å². The van der Waals surface area contributed by atoms with Crippen molar-refractivity contribution in [2.75, 3.05) is 27.3 Å². The highest BCUT2D eigenvalue weighted by Gasteiger charge is 2.15. The molecule has 0 N–H and O–H groups in total. The summed E-state index contributed by atoms with van der Waals surface area (Å²) in [7, 11) is 3.12. The smallest absolute Gasteiger partial charge is 0.254 e. The molecule has 0 aliphatic heterocycles. The molecule has 0 aliphatic rings. The number of amides is 1. The van der Waals surface area contributed by atoms with Crippen LogP contribution in [0.2, 0.25) is 0 Å². The quantitative estimate of drug-likeness (QED) is 0.726. The minimum Gasteiger partial charge on any atom is -0.497 e. The Morgan fingerprint density at radius 3 is 2.22 bits per heavy atom. The first kappa shape index (κ1) is 14.1. The Bertz CT molecular complexity index is 407. The van der Waals surface area contributed by atoms with Crippen LogP contribution in [0.3, 0.4) is 0 Å². The van der Waals surface area contributed by atoms with Gasteiger partial charge in [-0.3, -0.25) is 4.79 Å². The summed E-state index contributed by atoms with van der Waals surface area (Å²) in [6, 6.07) is 5.15.